The first-order valence-corrected chi connectivity index (χ1v) is 6.00. The molecule has 0 amide bonds. The lowest BCUT2D eigenvalue weighted by atomic mass is 10.1. The van der Waals surface area contributed by atoms with Crippen LogP contribution >= 0.6 is 0 Å². The van der Waals surface area contributed by atoms with E-state index in [-0.39, 0.29) is 12.8 Å². The van der Waals surface area contributed by atoms with Gasteiger partial charge in [0, 0.05) is 12.5 Å². The Kier molecular flexibility index (Phi) is 3.99. The molecular formula is C13H14F3N3. The van der Waals surface area contributed by atoms with Gasteiger partial charge < -0.3 is 5.73 Å². The third-order valence-electron chi connectivity index (χ3n) is 2.82. The van der Waals surface area contributed by atoms with E-state index in [1.165, 1.54) is 6.20 Å². The summed E-state index contributed by atoms with van der Waals surface area (Å²) >= 11 is 0. The molecule has 0 radical (unpaired) electrons. The number of benzene rings is 1. The first-order valence-electron chi connectivity index (χ1n) is 6.00. The van der Waals surface area contributed by atoms with Crippen molar-refractivity contribution in [3.05, 3.63) is 36.2 Å². The Balaban J connectivity index is 2.03. The maximum absolute atomic E-state index is 12.0. The number of para-hydroxylation sites is 2. The van der Waals surface area contributed by atoms with Crippen LogP contribution in [0.3, 0.4) is 0 Å². The number of rotatable bonds is 4. The molecule has 1 atom stereocenters. The molecule has 1 unspecified atom stereocenters. The zero-order valence-electron chi connectivity index (χ0n) is 10.2. The highest BCUT2D eigenvalue weighted by Gasteiger charge is 2.26. The Hall–Kier alpha value is -1.69. The molecule has 1 heterocycles. The van der Waals surface area contributed by atoms with Crippen molar-refractivity contribution in [2.24, 2.45) is 5.73 Å². The number of hydrogen-bond acceptors (Lipinski definition) is 3. The van der Waals surface area contributed by atoms with Crippen LogP contribution in [0.2, 0.25) is 0 Å². The minimum Gasteiger partial charge on any atom is -0.323 e. The maximum Gasteiger partial charge on any atom is 0.389 e. The Morgan fingerprint density at radius 1 is 1.16 bits per heavy atom. The van der Waals surface area contributed by atoms with Crippen LogP contribution in [0.4, 0.5) is 13.2 Å². The summed E-state index contributed by atoms with van der Waals surface area (Å²) in [4.78, 5) is 8.52. The lowest BCUT2D eigenvalue weighted by Gasteiger charge is -2.12. The molecule has 2 aromatic rings. The maximum atomic E-state index is 12.0. The van der Waals surface area contributed by atoms with Gasteiger partial charge >= 0.3 is 6.18 Å². The molecule has 1 aromatic carbocycles. The topological polar surface area (TPSA) is 51.8 Å². The standard InChI is InChI=1S/C13H14F3N3/c14-13(15,16)7-3-4-9(17)12-8-18-10-5-1-2-6-11(10)19-12/h1-2,5-6,8-9H,3-4,7,17H2. The van der Waals surface area contributed by atoms with E-state index < -0.39 is 18.6 Å². The van der Waals surface area contributed by atoms with Crippen LogP contribution in [-0.2, 0) is 0 Å². The van der Waals surface area contributed by atoms with Crippen molar-refractivity contribution in [1.29, 1.82) is 0 Å². The normalized spacial score (nSPS) is 13.7. The quantitative estimate of drug-likeness (QED) is 0.925. The summed E-state index contributed by atoms with van der Waals surface area (Å²) in [5, 5.41) is 0. The fourth-order valence-corrected chi connectivity index (χ4v) is 1.82. The van der Waals surface area contributed by atoms with Gasteiger partial charge in [-0.1, -0.05) is 12.1 Å². The van der Waals surface area contributed by atoms with E-state index in [1.54, 1.807) is 6.07 Å². The molecule has 19 heavy (non-hydrogen) atoms. The molecule has 0 saturated heterocycles. The fourth-order valence-electron chi connectivity index (χ4n) is 1.82. The molecule has 0 fully saturated rings. The van der Waals surface area contributed by atoms with Crippen molar-refractivity contribution in [3.63, 3.8) is 0 Å². The van der Waals surface area contributed by atoms with E-state index in [1.807, 2.05) is 18.2 Å². The van der Waals surface area contributed by atoms with Gasteiger partial charge in [0.05, 0.1) is 22.9 Å². The van der Waals surface area contributed by atoms with Gasteiger partial charge in [-0.05, 0) is 25.0 Å². The van der Waals surface area contributed by atoms with Crippen LogP contribution in [0.15, 0.2) is 30.5 Å². The second-order valence-corrected chi connectivity index (χ2v) is 4.40. The SMILES string of the molecule is NC(CCCC(F)(F)F)c1cnc2ccccc2n1. The highest BCUT2D eigenvalue weighted by Crippen LogP contribution is 2.25. The zero-order chi connectivity index (χ0) is 13.9. The Labute approximate surface area is 108 Å². The smallest absolute Gasteiger partial charge is 0.323 e. The molecule has 1 aromatic heterocycles. The number of aromatic nitrogens is 2. The summed E-state index contributed by atoms with van der Waals surface area (Å²) in [6, 6.07) is 6.78. The fraction of sp³-hybridized carbons (Fsp3) is 0.385. The van der Waals surface area contributed by atoms with Crippen molar-refractivity contribution in [3.8, 4) is 0 Å². The third-order valence-corrected chi connectivity index (χ3v) is 2.82. The minimum atomic E-state index is -4.13. The van der Waals surface area contributed by atoms with Crippen molar-refractivity contribution in [2.45, 2.75) is 31.5 Å². The average molecular weight is 269 g/mol. The minimum absolute atomic E-state index is 0.000820. The highest BCUT2D eigenvalue weighted by atomic mass is 19.4. The van der Waals surface area contributed by atoms with Gasteiger partial charge in [0.15, 0.2) is 0 Å². The van der Waals surface area contributed by atoms with E-state index in [0.29, 0.717) is 11.2 Å². The number of alkyl halides is 3. The van der Waals surface area contributed by atoms with E-state index in [0.717, 1.165) is 5.52 Å². The van der Waals surface area contributed by atoms with Gasteiger partial charge in [0.25, 0.3) is 0 Å². The van der Waals surface area contributed by atoms with Gasteiger partial charge in [-0.15, -0.1) is 0 Å². The van der Waals surface area contributed by atoms with Gasteiger partial charge in [-0.2, -0.15) is 13.2 Å². The van der Waals surface area contributed by atoms with Crippen molar-refractivity contribution >= 4 is 11.0 Å². The number of hydrogen-bond donors (Lipinski definition) is 1. The summed E-state index contributed by atoms with van der Waals surface area (Å²) in [6.45, 7) is 0. The van der Waals surface area contributed by atoms with Crippen LogP contribution in [-0.4, -0.2) is 16.1 Å². The Bertz CT molecular complexity index is 554. The summed E-state index contributed by atoms with van der Waals surface area (Å²) < 4.78 is 36.1. The van der Waals surface area contributed by atoms with E-state index in [9.17, 15) is 13.2 Å². The van der Waals surface area contributed by atoms with Crippen molar-refractivity contribution < 1.29 is 13.2 Å². The summed E-state index contributed by atoms with van der Waals surface area (Å²) in [6.07, 6.45) is -3.18. The Morgan fingerprint density at radius 3 is 2.53 bits per heavy atom. The number of nitrogens with two attached hydrogens (primary N) is 1. The molecule has 6 heteroatoms. The molecule has 2 N–H and O–H groups in total. The highest BCUT2D eigenvalue weighted by molar-refractivity contribution is 5.73. The van der Waals surface area contributed by atoms with Crippen molar-refractivity contribution in [1.82, 2.24) is 9.97 Å². The van der Waals surface area contributed by atoms with E-state index >= 15 is 0 Å². The predicted molar refractivity (Wildman–Crippen MR) is 66.4 cm³/mol. The summed E-state index contributed by atoms with van der Waals surface area (Å²) in [5.74, 6) is 0. The molecule has 102 valence electrons. The molecule has 0 saturated carbocycles. The van der Waals surface area contributed by atoms with E-state index in [4.69, 9.17) is 5.73 Å². The van der Waals surface area contributed by atoms with Crippen LogP contribution in [0.25, 0.3) is 11.0 Å². The van der Waals surface area contributed by atoms with Crippen molar-refractivity contribution in [2.75, 3.05) is 0 Å². The Morgan fingerprint density at radius 2 is 1.84 bits per heavy atom. The lowest BCUT2D eigenvalue weighted by molar-refractivity contribution is -0.135. The number of halogens is 3. The molecule has 0 aliphatic heterocycles. The largest absolute Gasteiger partial charge is 0.389 e. The lowest BCUT2D eigenvalue weighted by Crippen LogP contribution is -2.14. The van der Waals surface area contributed by atoms with Crippen LogP contribution in [0.1, 0.15) is 31.0 Å². The first kappa shape index (κ1) is 13.7. The van der Waals surface area contributed by atoms with Crippen LogP contribution < -0.4 is 5.73 Å². The second-order valence-electron chi connectivity index (χ2n) is 4.40. The molecule has 0 bridgehead atoms. The first-order chi connectivity index (χ1) is 8.96. The van der Waals surface area contributed by atoms with E-state index in [2.05, 4.69) is 9.97 Å². The van der Waals surface area contributed by atoms with Gasteiger partial charge in [-0.25, -0.2) is 4.98 Å². The number of nitrogens with zero attached hydrogens (tertiary/aromatic N) is 2. The number of fused-ring (bicyclic) bond motifs is 1. The van der Waals surface area contributed by atoms with Crippen LogP contribution in [0, 0.1) is 0 Å². The third kappa shape index (κ3) is 3.89. The summed E-state index contributed by atoms with van der Waals surface area (Å²) in [7, 11) is 0. The molecule has 0 aliphatic rings. The van der Waals surface area contributed by atoms with Gasteiger partial charge in [0.2, 0.25) is 0 Å². The predicted octanol–water partition coefficient (Wildman–Crippen LogP) is 3.36. The van der Waals surface area contributed by atoms with Crippen LogP contribution in [0.5, 0.6) is 0 Å². The molecule has 0 aliphatic carbocycles. The van der Waals surface area contributed by atoms with Gasteiger partial charge in [0.1, 0.15) is 0 Å². The molecule has 0 spiro atoms. The second kappa shape index (κ2) is 5.52. The molecule has 2 rings (SSSR count). The average Bonchev–Trinajstić information content (AvgIpc) is 2.36. The zero-order valence-corrected chi connectivity index (χ0v) is 10.2. The molecule has 3 nitrogen and oxygen atoms in total. The monoisotopic (exact) mass is 269 g/mol. The molecular weight excluding hydrogens is 255 g/mol. The van der Waals surface area contributed by atoms with Gasteiger partial charge in [-0.3, -0.25) is 4.98 Å². The summed E-state index contributed by atoms with van der Waals surface area (Å²) in [5.41, 5.74) is 7.82.